The first-order chi connectivity index (χ1) is 16.9. The first-order valence-corrected chi connectivity index (χ1v) is 12.7. The van der Waals surface area contributed by atoms with E-state index in [1.807, 2.05) is 0 Å². The molecule has 1 aromatic heterocycles. The van der Waals surface area contributed by atoms with Gasteiger partial charge in [-0.05, 0) is 37.1 Å². The van der Waals surface area contributed by atoms with E-state index in [1.165, 1.54) is 12.4 Å². The van der Waals surface area contributed by atoms with Crippen molar-refractivity contribution in [1.82, 2.24) is 19.6 Å². The molecule has 0 spiro atoms. The molecule has 2 atom stereocenters. The van der Waals surface area contributed by atoms with Crippen molar-refractivity contribution in [3.63, 3.8) is 0 Å². The minimum absolute atomic E-state index is 0.0516. The van der Waals surface area contributed by atoms with E-state index >= 15 is 0 Å². The number of alkyl halides is 4. The van der Waals surface area contributed by atoms with Crippen LogP contribution < -0.4 is 10.2 Å². The zero-order valence-electron chi connectivity index (χ0n) is 19.0. The number of nitrogens with one attached hydrogen (secondary N) is 1. The van der Waals surface area contributed by atoms with Crippen LogP contribution in [-0.4, -0.2) is 66.6 Å². The molecule has 0 aliphatic carbocycles. The number of nitrogens with zero attached hydrogens (tertiary/aromatic N) is 4. The summed E-state index contributed by atoms with van der Waals surface area (Å²) < 4.78 is 92.8. The molecule has 2 aliphatic rings. The SMILES string of the molecule is O=C(NCc1cc(N2CCC(C(F)(F)F)CC2)ncn1)C1CC(F)CN1S(=O)(=O)c1ccc(F)cc1. The van der Waals surface area contributed by atoms with E-state index in [4.69, 9.17) is 0 Å². The van der Waals surface area contributed by atoms with Gasteiger partial charge < -0.3 is 10.2 Å². The van der Waals surface area contributed by atoms with Crippen molar-refractivity contribution < 1.29 is 35.2 Å². The highest BCUT2D eigenvalue weighted by atomic mass is 32.2. The number of piperidine rings is 1. The number of hydrogen-bond donors (Lipinski definition) is 1. The normalized spacial score (nSPS) is 22.1. The molecule has 0 saturated carbocycles. The molecule has 0 bridgehead atoms. The highest BCUT2D eigenvalue weighted by molar-refractivity contribution is 7.89. The number of halogens is 5. The van der Waals surface area contributed by atoms with Crippen LogP contribution in [0, 0.1) is 11.7 Å². The maximum absolute atomic E-state index is 14.2. The molecule has 14 heteroatoms. The fraction of sp³-hybridized carbons (Fsp3) is 0.500. The third-order valence-electron chi connectivity index (χ3n) is 6.36. The maximum Gasteiger partial charge on any atom is 0.391 e. The van der Waals surface area contributed by atoms with Crippen LogP contribution in [0.25, 0.3) is 0 Å². The van der Waals surface area contributed by atoms with Gasteiger partial charge in [0.2, 0.25) is 15.9 Å². The van der Waals surface area contributed by atoms with Crippen molar-refractivity contribution >= 4 is 21.7 Å². The Morgan fingerprint density at radius 3 is 2.42 bits per heavy atom. The number of carbonyl (C=O) groups excluding carboxylic acids is 1. The Bertz CT molecular complexity index is 1190. The molecule has 2 saturated heterocycles. The van der Waals surface area contributed by atoms with Crippen molar-refractivity contribution in [3.8, 4) is 0 Å². The van der Waals surface area contributed by atoms with Crippen LogP contribution in [0.2, 0.25) is 0 Å². The Morgan fingerprint density at radius 2 is 1.78 bits per heavy atom. The summed E-state index contributed by atoms with van der Waals surface area (Å²) in [5.41, 5.74) is 0.356. The monoisotopic (exact) mass is 533 g/mol. The van der Waals surface area contributed by atoms with Gasteiger partial charge in [-0.3, -0.25) is 4.79 Å². The lowest BCUT2D eigenvalue weighted by atomic mass is 9.96. The van der Waals surface area contributed by atoms with Gasteiger partial charge in [0.05, 0.1) is 23.1 Å². The fourth-order valence-corrected chi connectivity index (χ4v) is 6.01. The van der Waals surface area contributed by atoms with Crippen molar-refractivity contribution in [3.05, 3.63) is 48.2 Å². The Labute approximate surface area is 204 Å². The quantitative estimate of drug-likeness (QED) is 0.574. The lowest BCUT2D eigenvalue weighted by Crippen LogP contribution is -2.45. The molecule has 1 aromatic carbocycles. The predicted molar refractivity (Wildman–Crippen MR) is 118 cm³/mol. The number of amides is 1. The Kier molecular flexibility index (Phi) is 7.46. The topological polar surface area (TPSA) is 95.5 Å². The van der Waals surface area contributed by atoms with E-state index in [0.29, 0.717) is 11.5 Å². The van der Waals surface area contributed by atoms with E-state index in [2.05, 4.69) is 15.3 Å². The molecular formula is C22H24F5N5O3S. The van der Waals surface area contributed by atoms with Gasteiger partial charge in [-0.25, -0.2) is 27.2 Å². The number of rotatable bonds is 6. The van der Waals surface area contributed by atoms with Crippen LogP contribution >= 0.6 is 0 Å². The third-order valence-corrected chi connectivity index (χ3v) is 8.25. The number of sulfonamides is 1. The van der Waals surface area contributed by atoms with Gasteiger partial charge in [0.25, 0.3) is 0 Å². The minimum atomic E-state index is -4.25. The highest BCUT2D eigenvalue weighted by Crippen LogP contribution is 2.35. The van der Waals surface area contributed by atoms with Crippen molar-refractivity contribution in [2.45, 2.75) is 49.1 Å². The van der Waals surface area contributed by atoms with Gasteiger partial charge in [-0.2, -0.15) is 17.5 Å². The second-order valence-electron chi connectivity index (χ2n) is 8.77. The minimum Gasteiger partial charge on any atom is -0.356 e. The molecule has 36 heavy (non-hydrogen) atoms. The summed E-state index contributed by atoms with van der Waals surface area (Å²) >= 11 is 0. The maximum atomic E-state index is 14.2. The summed E-state index contributed by atoms with van der Waals surface area (Å²) in [4.78, 5) is 22.4. The van der Waals surface area contributed by atoms with Crippen LogP contribution in [0.5, 0.6) is 0 Å². The van der Waals surface area contributed by atoms with E-state index in [9.17, 15) is 35.2 Å². The first-order valence-electron chi connectivity index (χ1n) is 11.3. The molecule has 8 nitrogen and oxygen atoms in total. The molecule has 4 rings (SSSR count). The van der Waals surface area contributed by atoms with Gasteiger partial charge in [0, 0.05) is 32.1 Å². The zero-order valence-corrected chi connectivity index (χ0v) is 19.8. The summed E-state index contributed by atoms with van der Waals surface area (Å²) in [5, 5.41) is 2.55. The van der Waals surface area contributed by atoms with Gasteiger partial charge in [-0.15, -0.1) is 0 Å². The van der Waals surface area contributed by atoms with Gasteiger partial charge in [0.15, 0.2) is 0 Å². The van der Waals surface area contributed by atoms with Crippen LogP contribution in [0.3, 0.4) is 0 Å². The molecule has 3 heterocycles. The van der Waals surface area contributed by atoms with Crippen molar-refractivity contribution in [2.24, 2.45) is 5.92 Å². The second-order valence-corrected chi connectivity index (χ2v) is 10.7. The second kappa shape index (κ2) is 10.2. The van der Waals surface area contributed by atoms with Gasteiger partial charge in [0.1, 0.15) is 30.2 Å². The van der Waals surface area contributed by atoms with E-state index in [1.54, 1.807) is 4.90 Å². The van der Waals surface area contributed by atoms with E-state index in [0.717, 1.165) is 28.6 Å². The van der Waals surface area contributed by atoms with Gasteiger partial charge in [-0.1, -0.05) is 0 Å². The molecule has 2 aliphatic heterocycles. The largest absolute Gasteiger partial charge is 0.391 e. The lowest BCUT2D eigenvalue weighted by molar-refractivity contribution is -0.179. The summed E-state index contributed by atoms with van der Waals surface area (Å²) in [6.07, 6.45) is -5.00. The number of anilines is 1. The zero-order chi connectivity index (χ0) is 26.1. The molecule has 2 unspecified atom stereocenters. The van der Waals surface area contributed by atoms with Crippen molar-refractivity contribution in [2.75, 3.05) is 24.5 Å². The van der Waals surface area contributed by atoms with E-state index < -0.39 is 52.6 Å². The predicted octanol–water partition coefficient (Wildman–Crippen LogP) is 2.81. The first kappa shape index (κ1) is 26.2. The standard InChI is InChI=1S/C22H24F5N5O3S/c23-15-1-3-18(4-2-15)36(34,35)32-12-16(24)9-19(32)21(33)28-11-17-10-20(30-13-29-17)31-7-5-14(6-8-31)22(25,26)27/h1-4,10,13-14,16,19H,5-9,11-12H2,(H,28,33). The van der Waals surface area contributed by atoms with Crippen LogP contribution in [0.1, 0.15) is 25.0 Å². The van der Waals surface area contributed by atoms with Crippen LogP contribution in [-0.2, 0) is 21.4 Å². The van der Waals surface area contributed by atoms with Crippen molar-refractivity contribution in [1.29, 1.82) is 0 Å². The molecule has 2 fully saturated rings. The molecular weight excluding hydrogens is 509 g/mol. The number of carbonyl (C=O) groups is 1. The highest BCUT2D eigenvalue weighted by Gasteiger charge is 2.44. The Balaban J connectivity index is 1.40. The lowest BCUT2D eigenvalue weighted by Gasteiger charge is -2.33. The average molecular weight is 534 g/mol. The summed E-state index contributed by atoms with van der Waals surface area (Å²) in [5.74, 6) is -2.30. The number of benzene rings is 1. The summed E-state index contributed by atoms with van der Waals surface area (Å²) in [6, 6.07) is 4.24. The number of hydrogen-bond acceptors (Lipinski definition) is 6. The fourth-order valence-electron chi connectivity index (χ4n) is 4.39. The number of aromatic nitrogens is 2. The Hall–Kier alpha value is -2.87. The summed E-state index contributed by atoms with van der Waals surface area (Å²) in [6.45, 7) is -0.291. The summed E-state index contributed by atoms with van der Waals surface area (Å²) in [7, 11) is -4.25. The molecule has 1 amide bonds. The molecule has 0 radical (unpaired) electrons. The Morgan fingerprint density at radius 1 is 1.11 bits per heavy atom. The average Bonchev–Trinajstić information content (AvgIpc) is 3.25. The van der Waals surface area contributed by atoms with Gasteiger partial charge >= 0.3 is 6.18 Å². The molecule has 1 N–H and O–H groups in total. The molecule has 2 aromatic rings. The smallest absolute Gasteiger partial charge is 0.356 e. The van der Waals surface area contributed by atoms with E-state index in [-0.39, 0.29) is 43.8 Å². The van der Waals surface area contributed by atoms with Crippen LogP contribution in [0.4, 0.5) is 27.8 Å². The van der Waals surface area contributed by atoms with Crippen LogP contribution in [0.15, 0.2) is 41.6 Å². The third kappa shape index (κ3) is 5.75. The molecule has 196 valence electrons.